The molecule has 1 rings (SSSR count). The Morgan fingerprint density at radius 3 is 2.88 bits per heavy atom. The van der Waals surface area contributed by atoms with Gasteiger partial charge in [0, 0.05) is 12.6 Å². The molecule has 0 atom stereocenters. The fourth-order valence-corrected chi connectivity index (χ4v) is 1.81. The molecule has 0 bridgehead atoms. The maximum Gasteiger partial charge on any atom is 0.338 e. The molecule has 1 aromatic rings. The highest BCUT2D eigenvalue weighted by molar-refractivity contribution is 7.99. The van der Waals surface area contributed by atoms with E-state index in [4.69, 9.17) is 9.52 Å². The zero-order valence-corrected chi connectivity index (χ0v) is 10.4. The molecule has 0 saturated heterocycles. The molecule has 0 aliphatic heterocycles. The van der Waals surface area contributed by atoms with Gasteiger partial charge in [0.2, 0.25) is 0 Å². The first-order valence-electron chi connectivity index (χ1n) is 5.33. The van der Waals surface area contributed by atoms with Crippen LogP contribution in [0.2, 0.25) is 0 Å². The fraction of sp³-hybridized carbons (Fsp3) is 0.455. The van der Waals surface area contributed by atoms with Crippen molar-refractivity contribution in [3.63, 3.8) is 0 Å². The van der Waals surface area contributed by atoms with Crippen molar-refractivity contribution >= 4 is 23.6 Å². The predicted octanol–water partition coefficient (Wildman–Crippen LogP) is 1.85. The number of carbonyl (C=O) groups excluding carboxylic acids is 1. The van der Waals surface area contributed by atoms with Crippen LogP contribution in [0, 0.1) is 0 Å². The topological polar surface area (TPSA) is 79.5 Å². The Bertz CT molecular complexity index is 389. The number of nitrogens with one attached hydrogen (secondary N) is 1. The van der Waals surface area contributed by atoms with Crippen molar-refractivity contribution in [2.24, 2.45) is 0 Å². The molecular weight excluding hydrogens is 242 g/mol. The highest BCUT2D eigenvalue weighted by atomic mass is 32.2. The van der Waals surface area contributed by atoms with Crippen molar-refractivity contribution < 1.29 is 19.1 Å². The van der Waals surface area contributed by atoms with Gasteiger partial charge in [-0.25, -0.2) is 4.79 Å². The third kappa shape index (κ3) is 4.52. The normalized spacial score (nSPS) is 10.2. The second-order valence-electron chi connectivity index (χ2n) is 3.31. The Balaban J connectivity index is 2.34. The molecule has 0 unspecified atom stereocenters. The number of thioether (sulfide) groups is 1. The number of carbonyl (C=O) groups is 2. The van der Waals surface area contributed by atoms with Crippen molar-refractivity contribution in [3.8, 4) is 0 Å². The second kappa shape index (κ2) is 7.01. The van der Waals surface area contributed by atoms with Gasteiger partial charge in [-0.1, -0.05) is 6.92 Å². The Morgan fingerprint density at radius 1 is 1.53 bits per heavy atom. The van der Waals surface area contributed by atoms with Crippen LogP contribution in [0.15, 0.2) is 16.7 Å². The van der Waals surface area contributed by atoms with E-state index in [0.717, 1.165) is 24.2 Å². The van der Waals surface area contributed by atoms with E-state index in [1.807, 2.05) is 11.8 Å². The molecule has 17 heavy (non-hydrogen) atoms. The van der Waals surface area contributed by atoms with Gasteiger partial charge in [-0.05, 0) is 17.9 Å². The lowest BCUT2D eigenvalue weighted by atomic mass is 10.3. The molecule has 5 nitrogen and oxygen atoms in total. The summed E-state index contributed by atoms with van der Waals surface area (Å²) >= 11 is 1.81. The molecule has 0 aliphatic carbocycles. The molecule has 1 amide bonds. The summed E-state index contributed by atoms with van der Waals surface area (Å²) in [6.45, 7) is 2.65. The summed E-state index contributed by atoms with van der Waals surface area (Å²) in [5.41, 5.74) is -0.0170. The average Bonchev–Trinajstić information content (AvgIpc) is 2.78. The van der Waals surface area contributed by atoms with E-state index in [-0.39, 0.29) is 17.2 Å². The summed E-state index contributed by atoms with van der Waals surface area (Å²) in [6, 6.07) is 1.22. The van der Waals surface area contributed by atoms with E-state index in [9.17, 15) is 9.59 Å². The van der Waals surface area contributed by atoms with Crippen LogP contribution >= 0.6 is 11.8 Å². The molecule has 0 radical (unpaired) electrons. The van der Waals surface area contributed by atoms with Crippen LogP contribution < -0.4 is 5.32 Å². The Morgan fingerprint density at radius 2 is 2.29 bits per heavy atom. The van der Waals surface area contributed by atoms with Crippen molar-refractivity contribution in [1.82, 2.24) is 5.32 Å². The fourth-order valence-electron chi connectivity index (χ4n) is 1.18. The molecule has 0 saturated carbocycles. The number of hydrogen-bond acceptors (Lipinski definition) is 4. The number of amides is 1. The molecule has 0 spiro atoms. The minimum absolute atomic E-state index is 0.0170. The first-order chi connectivity index (χ1) is 8.15. The summed E-state index contributed by atoms with van der Waals surface area (Å²) in [5.74, 6) is 0.611. The zero-order chi connectivity index (χ0) is 12.7. The smallest absolute Gasteiger partial charge is 0.338 e. The number of rotatable bonds is 7. The Hall–Kier alpha value is -1.43. The van der Waals surface area contributed by atoms with E-state index in [1.54, 1.807) is 0 Å². The van der Waals surface area contributed by atoms with E-state index in [1.165, 1.54) is 6.07 Å². The largest absolute Gasteiger partial charge is 0.478 e. The Labute approximate surface area is 104 Å². The average molecular weight is 257 g/mol. The van der Waals surface area contributed by atoms with Crippen LogP contribution in [0.5, 0.6) is 0 Å². The van der Waals surface area contributed by atoms with Crippen molar-refractivity contribution in [2.45, 2.75) is 13.3 Å². The van der Waals surface area contributed by atoms with Crippen LogP contribution in [0.4, 0.5) is 0 Å². The standard InChI is InChI=1S/C11H15NO4S/c1-2-17-5-3-4-12-10(13)9-6-8(7-16-9)11(14)15/h6-7H,2-5H2,1H3,(H,12,13)(H,14,15). The minimum Gasteiger partial charge on any atom is -0.478 e. The third-order valence-electron chi connectivity index (χ3n) is 2.03. The van der Waals surface area contributed by atoms with Gasteiger partial charge in [0.25, 0.3) is 5.91 Å². The van der Waals surface area contributed by atoms with Gasteiger partial charge >= 0.3 is 5.97 Å². The quantitative estimate of drug-likeness (QED) is 0.729. The van der Waals surface area contributed by atoms with Crippen molar-refractivity contribution in [2.75, 3.05) is 18.1 Å². The van der Waals surface area contributed by atoms with E-state index >= 15 is 0 Å². The van der Waals surface area contributed by atoms with Crippen molar-refractivity contribution in [1.29, 1.82) is 0 Å². The maximum absolute atomic E-state index is 11.5. The molecule has 6 heteroatoms. The Kier molecular flexibility index (Phi) is 5.62. The number of carboxylic acid groups (broad SMARTS) is 1. The number of hydrogen-bond donors (Lipinski definition) is 2. The highest BCUT2D eigenvalue weighted by Gasteiger charge is 2.13. The molecule has 0 aliphatic rings. The SMILES string of the molecule is CCSCCCNC(=O)c1cc(C(=O)O)co1. The summed E-state index contributed by atoms with van der Waals surface area (Å²) in [6.07, 6.45) is 1.95. The lowest BCUT2D eigenvalue weighted by Crippen LogP contribution is -2.24. The van der Waals surface area contributed by atoms with Gasteiger partial charge in [0.05, 0.1) is 5.56 Å². The molecule has 2 N–H and O–H groups in total. The summed E-state index contributed by atoms with van der Waals surface area (Å²) < 4.78 is 4.87. The van der Waals surface area contributed by atoms with Crippen LogP contribution in [0.3, 0.4) is 0 Å². The lowest BCUT2D eigenvalue weighted by molar-refractivity contribution is 0.0696. The first-order valence-corrected chi connectivity index (χ1v) is 6.48. The van der Waals surface area contributed by atoms with Crippen molar-refractivity contribution in [3.05, 3.63) is 23.7 Å². The summed E-state index contributed by atoms with van der Waals surface area (Å²) in [4.78, 5) is 22.1. The van der Waals surface area contributed by atoms with Gasteiger partial charge in [-0.15, -0.1) is 0 Å². The van der Waals surface area contributed by atoms with Crippen LogP contribution in [0.1, 0.15) is 34.3 Å². The first kappa shape index (κ1) is 13.6. The highest BCUT2D eigenvalue weighted by Crippen LogP contribution is 2.07. The number of aromatic carboxylic acids is 1. The monoisotopic (exact) mass is 257 g/mol. The maximum atomic E-state index is 11.5. The van der Waals surface area contributed by atoms with Crippen LogP contribution in [-0.4, -0.2) is 35.0 Å². The molecule has 0 aromatic carbocycles. The van der Waals surface area contributed by atoms with E-state index < -0.39 is 5.97 Å². The van der Waals surface area contributed by atoms with E-state index in [2.05, 4.69) is 12.2 Å². The van der Waals surface area contributed by atoms with Gasteiger partial charge in [0.15, 0.2) is 5.76 Å². The molecule has 0 fully saturated rings. The van der Waals surface area contributed by atoms with Gasteiger partial charge in [0.1, 0.15) is 6.26 Å². The molecule has 1 heterocycles. The molecule has 1 aromatic heterocycles. The number of carboxylic acids is 1. The third-order valence-corrected chi connectivity index (χ3v) is 3.01. The second-order valence-corrected chi connectivity index (χ2v) is 4.71. The van der Waals surface area contributed by atoms with Gasteiger partial charge < -0.3 is 14.8 Å². The van der Waals surface area contributed by atoms with Gasteiger partial charge in [-0.2, -0.15) is 11.8 Å². The summed E-state index contributed by atoms with van der Waals surface area (Å²) in [5, 5.41) is 11.3. The minimum atomic E-state index is -1.10. The predicted molar refractivity (Wildman–Crippen MR) is 65.6 cm³/mol. The molecule has 94 valence electrons. The summed E-state index contributed by atoms with van der Waals surface area (Å²) in [7, 11) is 0. The van der Waals surface area contributed by atoms with Crippen LogP contribution in [0.25, 0.3) is 0 Å². The lowest BCUT2D eigenvalue weighted by Gasteiger charge is -2.01. The number of furan rings is 1. The van der Waals surface area contributed by atoms with E-state index in [0.29, 0.717) is 6.54 Å². The molecular formula is C11H15NO4S. The zero-order valence-electron chi connectivity index (χ0n) is 9.56. The van der Waals surface area contributed by atoms with Crippen LogP contribution in [-0.2, 0) is 0 Å². The van der Waals surface area contributed by atoms with Gasteiger partial charge in [-0.3, -0.25) is 4.79 Å².